The normalized spacial score (nSPS) is 11.9. The lowest BCUT2D eigenvalue weighted by atomic mass is 10.2. The maximum absolute atomic E-state index is 12.0. The molecular weight excluding hydrogens is 320 g/mol. The molecule has 2 aromatic rings. The van der Waals surface area contributed by atoms with Gasteiger partial charge in [-0.1, -0.05) is 17.7 Å². The van der Waals surface area contributed by atoms with Crippen LogP contribution in [0.3, 0.4) is 0 Å². The minimum atomic E-state index is -0.789. The molecule has 0 fully saturated rings. The highest BCUT2D eigenvalue weighted by molar-refractivity contribution is 6.44. The molecule has 7 heteroatoms. The summed E-state index contributed by atoms with van der Waals surface area (Å²) in [5, 5.41) is 5.55. The maximum Gasteiger partial charge on any atom is 0.314 e. The minimum Gasteiger partial charge on any atom is -0.454 e. The van der Waals surface area contributed by atoms with Gasteiger partial charge in [0.15, 0.2) is 11.5 Å². The third kappa shape index (κ3) is 3.22. The maximum atomic E-state index is 12.0. The largest absolute Gasteiger partial charge is 0.454 e. The highest BCUT2D eigenvalue weighted by Crippen LogP contribution is 2.34. The van der Waals surface area contributed by atoms with Gasteiger partial charge in [0.25, 0.3) is 0 Å². The van der Waals surface area contributed by atoms with Crippen LogP contribution in [0.1, 0.15) is 5.56 Å². The number of halogens is 1. The van der Waals surface area contributed by atoms with Gasteiger partial charge in [0, 0.05) is 22.5 Å². The fourth-order valence-corrected chi connectivity index (χ4v) is 2.26. The summed E-state index contributed by atoms with van der Waals surface area (Å²) in [7, 11) is 0. The van der Waals surface area contributed by atoms with Crippen molar-refractivity contribution in [3.8, 4) is 11.5 Å². The molecule has 2 aromatic carbocycles. The Hall–Kier alpha value is -2.73. The van der Waals surface area contributed by atoms with E-state index in [1.807, 2.05) is 0 Å². The number of hydrogen-bond acceptors (Lipinski definition) is 4. The number of nitrogens with one attached hydrogen (secondary N) is 2. The van der Waals surface area contributed by atoms with Crippen LogP contribution in [-0.2, 0) is 9.59 Å². The molecule has 0 aromatic heterocycles. The number of fused-ring (bicyclic) bond motifs is 1. The molecule has 0 aliphatic carbocycles. The number of carbonyl (C=O) groups excluding carboxylic acids is 2. The first kappa shape index (κ1) is 15.2. The fraction of sp³-hybridized carbons (Fsp3) is 0.125. The van der Waals surface area contributed by atoms with Gasteiger partial charge in [-0.3, -0.25) is 9.59 Å². The Morgan fingerprint density at radius 1 is 1.04 bits per heavy atom. The zero-order valence-electron chi connectivity index (χ0n) is 12.2. The Labute approximate surface area is 137 Å². The van der Waals surface area contributed by atoms with Crippen LogP contribution < -0.4 is 20.1 Å². The van der Waals surface area contributed by atoms with Crippen LogP contribution in [0.2, 0.25) is 5.02 Å². The molecule has 0 unspecified atom stereocenters. The first-order chi connectivity index (χ1) is 11.0. The fourth-order valence-electron chi connectivity index (χ4n) is 2.08. The lowest BCUT2D eigenvalue weighted by Crippen LogP contribution is -2.29. The molecule has 1 aliphatic rings. The topological polar surface area (TPSA) is 76.7 Å². The van der Waals surface area contributed by atoms with Gasteiger partial charge in [0.05, 0.1) is 0 Å². The third-order valence-electron chi connectivity index (χ3n) is 3.35. The number of benzene rings is 2. The van der Waals surface area contributed by atoms with Crippen molar-refractivity contribution in [1.82, 2.24) is 0 Å². The standard InChI is InChI=1S/C16H13ClN2O4/c1-9-11(17)3-2-4-12(9)19-16(21)15(20)18-10-5-6-13-14(7-10)23-8-22-13/h2-7H,8H2,1H3,(H,18,20)(H,19,21). The summed E-state index contributed by atoms with van der Waals surface area (Å²) in [5.74, 6) is -0.452. The van der Waals surface area contributed by atoms with E-state index < -0.39 is 11.8 Å². The van der Waals surface area contributed by atoms with Crippen molar-refractivity contribution in [1.29, 1.82) is 0 Å². The lowest BCUT2D eigenvalue weighted by Gasteiger charge is -2.10. The number of hydrogen-bond donors (Lipinski definition) is 2. The van der Waals surface area contributed by atoms with E-state index in [4.69, 9.17) is 21.1 Å². The number of ether oxygens (including phenoxy) is 2. The average Bonchev–Trinajstić information content (AvgIpc) is 2.99. The number of amides is 2. The predicted octanol–water partition coefficient (Wildman–Crippen LogP) is 2.95. The van der Waals surface area contributed by atoms with Crippen LogP contribution in [0.25, 0.3) is 0 Å². The average molecular weight is 333 g/mol. The molecule has 0 bridgehead atoms. The van der Waals surface area contributed by atoms with Gasteiger partial charge >= 0.3 is 11.8 Å². The second-order valence-corrected chi connectivity index (χ2v) is 5.30. The smallest absolute Gasteiger partial charge is 0.314 e. The van der Waals surface area contributed by atoms with Crippen molar-refractivity contribution in [3.05, 3.63) is 47.0 Å². The summed E-state index contributed by atoms with van der Waals surface area (Å²) in [6.45, 7) is 1.90. The van der Waals surface area contributed by atoms with Crippen molar-refractivity contribution in [2.45, 2.75) is 6.92 Å². The van der Waals surface area contributed by atoms with Crippen molar-refractivity contribution in [2.75, 3.05) is 17.4 Å². The van der Waals surface area contributed by atoms with Crippen LogP contribution in [0.15, 0.2) is 36.4 Å². The highest BCUT2D eigenvalue weighted by Gasteiger charge is 2.18. The molecule has 0 radical (unpaired) electrons. The van der Waals surface area contributed by atoms with Crippen LogP contribution >= 0.6 is 11.6 Å². The number of rotatable bonds is 2. The summed E-state index contributed by atoms with van der Waals surface area (Å²) in [5.41, 5.74) is 1.62. The van der Waals surface area contributed by atoms with Crippen molar-refractivity contribution >= 4 is 34.8 Å². The van der Waals surface area contributed by atoms with Crippen LogP contribution in [0, 0.1) is 6.92 Å². The van der Waals surface area contributed by atoms with Crippen LogP contribution in [0.5, 0.6) is 11.5 Å². The monoisotopic (exact) mass is 332 g/mol. The summed E-state index contributed by atoms with van der Waals surface area (Å²) in [6.07, 6.45) is 0. The van der Waals surface area contributed by atoms with Gasteiger partial charge in [-0.15, -0.1) is 0 Å². The van der Waals surface area contributed by atoms with Gasteiger partial charge in [-0.25, -0.2) is 0 Å². The molecule has 1 heterocycles. The SMILES string of the molecule is Cc1c(Cl)cccc1NC(=O)C(=O)Nc1ccc2c(c1)OCO2. The highest BCUT2D eigenvalue weighted by atomic mass is 35.5. The minimum absolute atomic E-state index is 0.140. The molecule has 23 heavy (non-hydrogen) atoms. The first-order valence-corrected chi connectivity index (χ1v) is 7.19. The van der Waals surface area contributed by atoms with Gasteiger partial charge < -0.3 is 20.1 Å². The van der Waals surface area contributed by atoms with E-state index in [9.17, 15) is 9.59 Å². The van der Waals surface area contributed by atoms with Crippen molar-refractivity contribution in [3.63, 3.8) is 0 Å². The second-order valence-electron chi connectivity index (χ2n) is 4.89. The molecule has 0 atom stereocenters. The van der Waals surface area contributed by atoms with E-state index in [0.717, 1.165) is 0 Å². The van der Waals surface area contributed by atoms with E-state index in [-0.39, 0.29) is 6.79 Å². The van der Waals surface area contributed by atoms with E-state index >= 15 is 0 Å². The van der Waals surface area contributed by atoms with Gasteiger partial charge in [-0.2, -0.15) is 0 Å². The molecule has 1 aliphatic heterocycles. The lowest BCUT2D eigenvalue weighted by molar-refractivity contribution is -0.133. The van der Waals surface area contributed by atoms with E-state index in [0.29, 0.717) is 33.5 Å². The van der Waals surface area contributed by atoms with E-state index in [1.165, 1.54) is 0 Å². The molecule has 118 valence electrons. The summed E-state index contributed by atoms with van der Waals surface area (Å²) < 4.78 is 10.4. The molecule has 0 saturated carbocycles. The third-order valence-corrected chi connectivity index (χ3v) is 3.76. The first-order valence-electron chi connectivity index (χ1n) is 6.81. The zero-order chi connectivity index (χ0) is 16.4. The predicted molar refractivity (Wildman–Crippen MR) is 86.0 cm³/mol. The molecule has 2 N–H and O–H groups in total. The molecular formula is C16H13ClN2O4. The Bertz CT molecular complexity index is 792. The Kier molecular flexibility index (Phi) is 4.08. The van der Waals surface area contributed by atoms with Crippen LogP contribution in [0.4, 0.5) is 11.4 Å². The Morgan fingerprint density at radius 3 is 2.61 bits per heavy atom. The summed E-state index contributed by atoms with van der Waals surface area (Å²) >= 11 is 5.98. The summed E-state index contributed by atoms with van der Waals surface area (Å²) in [4.78, 5) is 24.0. The quantitative estimate of drug-likeness (QED) is 0.829. The van der Waals surface area contributed by atoms with Crippen molar-refractivity contribution < 1.29 is 19.1 Å². The summed E-state index contributed by atoms with van der Waals surface area (Å²) in [6, 6.07) is 9.96. The van der Waals surface area contributed by atoms with Gasteiger partial charge in [0.1, 0.15) is 0 Å². The van der Waals surface area contributed by atoms with Gasteiger partial charge in [0.2, 0.25) is 6.79 Å². The van der Waals surface area contributed by atoms with Crippen LogP contribution in [-0.4, -0.2) is 18.6 Å². The van der Waals surface area contributed by atoms with Gasteiger partial charge in [-0.05, 0) is 36.8 Å². The molecule has 0 saturated heterocycles. The molecule has 2 amide bonds. The Balaban J connectivity index is 1.68. The Morgan fingerprint density at radius 2 is 1.78 bits per heavy atom. The molecule has 0 spiro atoms. The van der Waals surface area contributed by atoms with E-state index in [2.05, 4.69) is 10.6 Å². The van der Waals surface area contributed by atoms with Crippen molar-refractivity contribution in [2.24, 2.45) is 0 Å². The van der Waals surface area contributed by atoms with E-state index in [1.54, 1.807) is 43.3 Å². The number of carbonyl (C=O) groups is 2. The molecule has 3 rings (SSSR count). The number of anilines is 2. The zero-order valence-corrected chi connectivity index (χ0v) is 12.9. The second kappa shape index (κ2) is 6.18. The molecule has 6 nitrogen and oxygen atoms in total.